The zero-order valence-corrected chi connectivity index (χ0v) is 10.4. The SMILES string of the molecule is COc1cc([C@@H](N)C2CC2)c([N+](=O)[O-])cc1OC. The number of methoxy groups -OCH3 is 2. The molecule has 18 heavy (non-hydrogen) atoms. The summed E-state index contributed by atoms with van der Waals surface area (Å²) in [5, 5.41) is 11.1. The van der Waals surface area contributed by atoms with Crippen LogP contribution in [0.2, 0.25) is 0 Å². The van der Waals surface area contributed by atoms with E-state index in [2.05, 4.69) is 0 Å². The maximum Gasteiger partial charge on any atom is 0.278 e. The van der Waals surface area contributed by atoms with Crippen molar-refractivity contribution >= 4 is 5.69 Å². The highest BCUT2D eigenvalue weighted by molar-refractivity contribution is 5.55. The van der Waals surface area contributed by atoms with Crippen LogP contribution >= 0.6 is 0 Å². The highest BCUT2D eigenvalue weighted by Gasteiger charge is 2.34. The normalized spacial score (nSPS) is 16.2. The van der Waals surface area contributed by atoms with E-state index in [0.717, 1.165) is 12.8 Å². The zero-order chi connectivity index (χ0) is 13.3. The van der Waals surface area contributed by atoms with Crippen molar-refractivity contribution in [1.29, 1.82) is 0 Å². The fraction of sp³-hybridized carbons (Fsp3) is 0.500. The lowest BCUT2D eigenvalue weighted by Crippen LogP contribution is -2.14. The number of rotatable bonds is 5. The Labute approximate surface area is 105 Å². The molecule has 6 heteroatoms. The molecule has 1 fully saturated rings. The molecule has 1 atom stereocenters. The van der Waals surface area contributed by atoms with Crippen molar-refractivity contribution < 1.29 is 14.4 Å². The summed E-state index contributed by atoms with van der Waals surface area (Å²) in [4.78, 5) is 10.7. The summed E-state index contributed by atoms with van der Waals surface area (Å²) < 4.78 is 10.2. The third kappa shape index (κ3) is 2.24. The molecule has 0 bridgehead atoms. The van der Waals surface area contributed by atoms with Gasteiger partial charge in [-0.15, -0.1) is 0 Å². The molecule has 98 valence electrons. The molecule has 0 spiro atoms. The van der Waals surface area contributed by atoms with E-state index in [0.29, 0.717) is 23.0 Å². The molecule has 1 aliphatic rings. The molecule has 1 saturated carbocycles. The highest BCUT2D eigenvalue weighted by atomic mass is 16.6. The van der Waals surface area contributed by atoms with Crippen molar-refractivity contribution in [2.75, 3.05) is 14.2 Å². The van der Waals surface area contributed by atoms with E-state index in [9.17, 15) is 10.1 Å². The summed E-state index contributed by atoms with van der Waals surface area (Å²) in [6.07, 6.45) is 2.04. The van der Waals surface area contributed by atoms with Crippen molar-refractivity contribution in [2.45, 2.75) is 18.9 Å². The minimum Gasteiger partial charge on any atom is -0.493 e. The van der Waals surface area contributed by atoms with E-state index >= 15 is 0 Å². The van der Waals surface area contributed by atoms with Crippen LogP contribution in [0.1, 0.15) is 24.4 Å². The van der Waals surface area contributed by atoms with Crippen LogP contribution in [0.3, 0.4) is 0 Å². The number of hydrogen-bond acceptors (Lipinski definition) is 5. The number of ether oxygens (including phenoxy) is 2. The Kier molecular flexibility index (Phi) is 3.38. The van der Waals surface area contributed by atoms with E-state index in [1.807, 2.05) is 0 Å². The van der Waals surface area contributed by atoms with Crippen LogP contribution in [-0.2, 0) is 0 Å². The molecule has 2 N–H and O–H groups in total. The van der Waals surface area contributed by atoms with E-state index in [4.69, 9.17) is 15.2 Å². The van der Waals surface area contributed by atoms with Gasteiger partial charge in [-0.25, -0.2) is 0 Å². The Hall–Kier alpha value is -1.82. The predicted octanol–water partition coefficient (Wildman–Crippen LogP) is 2.02. The first kappa shape index (κ1) is 12.6. The molecular formula is C12H16N2O4. The quantitative estimate of drug-likeness (QED) is 0.639. The Morgan fingerprint density at radius 2 is 1.89 bits per heavy atom. The van der Waals surface area contributed by atoms with Gasteiger partial charge in [0.2, 0.25) is 0 Å². The number of nitro groups is 1. The highest BCUT2D eigenvalue weighted by Crippen LogP contribution is 2.45. The standard InChI is InChI=1S/C12H16N2O4/c1-17-10-5-8(12(13)7-3-4-7)9(14(15)16)6-11(10)18-2/h5-7,12H,3-4,13H2,1-2H3/t12-/m0/s1. The minimum absolute atomic E-state index is 0.00736. The largest absolute Gasteiger partial charge is 0.493 e. The second-order valence-electron chi connectivity index (χ2n) is 4.39. The average Bonchev–Trinajstić information content (AvgIpc) is 3.20. The van der Waals surface area contributed by atoms with Crippen LogP contribution in [-0.4, -0.2) is 19.1 Å². The third-order valence-electron chi connectivity index (χ3n) is 3.22. The summed E-state index contributed by atoms with van der Waals surface area (Å²) in [7, 11) is 2.94. The molecule has 1 aromatic rings. The second-order valence-corrected chi connectivity index (χ2v) is 4.39. The van der Waals surface area contributed by atoms with Gasteiger partial charge >= 0.3 is 0 Å². The Morgan fingerprint density at radius 3 is 2.33 bits per heavy atom. The number of benzene rings is 1. The zero-order valence-electron chi connectivity index (χ0n) is 10.4. The fourth-order valence-corrected chi connectivity index (χ4v) is 2.02. The van der Waals surface area contributed by atoms with Gasteiger partial charge < -0.3 is 15.2 Å². The van der Waals surface area contributed by atoms with Crippen molar-refractivity contribution in [3.63, 3.8) is 0 Å². The van der Waals surface area contributed by atoms with Gasteiger partial charge in [-0.05, 0) is 24.8 Å². The number of hydrogen-bond donors (Lipinski definition) is 1. The van der Waals surface area contributed by atoms with Gasteiger partial charge in [0.15, 0.2) is 11.5 Å². The first-order valence-corrected chi connectivity index (χ1v) is 5.74. The van der Waals surface area contributed by atoms with E-state index in [1.54, 1.807) is 6.07 Å². The van der Waals surface area contributed by atoms with Crippen LogP contribution in [0, 0.1) is 16.0 Å². The van der Waals surface area contributed by atoms with Gasteiger partial charge in [0.1, 0.15) is 0 Å². The Bertz CT molecular complexity index is 471. The van der Waals surface area contributed by atoms with Crippen LogP contribution in [0.4, 0.5) is 5.69 Å². The molecule has 0 amide bonds. The predicted molar refractivity (Wildman–Crippen MR) is 65.9 cm³/mol. The molecule has 1 aromatic carbocycles. The second kappa shape index (κ2) is 4.81. The maximum atomic E-state index is 11.1. The molecule has 6 nitrogen and oxygen atoms in total. The maximum absolute atomic E-state index is 11.1. The Balaban J connectivity index is 2.50. The van der Waals surface area contributed by atoms with Crippen LogP contribution in [0.5, 0.6) is 11.5 Å². The molecule has 0 saturated heterocycles. The monoisotopic (exact) mass is 252 g/mol. The van der Waals surface area contributed by atoms with Crippen LogP contribution < -0.4 is 15.2 Å². The summed E-state index contributed by atoms with van der Waals surface area (Å²) in [6, 6.07) is 2.67. The number of nitrogens with two attached hydrogens (primary N) is 1. The lowest BCUT2D eigenvalue weighted by atomic mass is 10.0. The van der Waals surface area contributed by atoms with Gasteiger partial charge in [-0.2, -0.15) is 0 Å². The first-order valence-electron chi connectivity index (χ1n) is 5.74. The third-order valence-corrected chi connectivity index (χ3v) is 3.22. The van der Waals surface area contributed by atoms with E-state index < -0.39 is 4.92 Å². The number of nitro benzene ring substituents is 1. The van der Waals surface area contributed by atoms with E-state index in [1.165, 1.54) is 20.3 Å². The van der Waals surface area contributed by atoms with Gasteiger partial charge in [0.05, 0.1) is 30.8 Å². The van der Waals surface area contributed by atoms with Gasteiger partial charge in [0.25, 0.3) is 5.69 Å². The molecule has 0 heterocycles. The van der Waals surface area contributed by atoms with Crippen LogP contribution in [0.25, 0.3) is 0 Å². The van der Waals surface area contributed by atoms with Crippen molar-refractivity contribution in [1.82, 2.24) is 0 Å². The average molecular weight is 252 g/mol. The fourth-order valence-electron chi connectivity index (χ4n) is 2.02. The Morgan fingerprint density at radius 1 is 1.33 bits per heavy atom. The van der Waals surface area contributed by atoms with Crippen molar-refractivity contribution in [3.8, 4) is 11.5 Å². The van der Waals surface area contributed by atoms with Gasteiger partial charge in [-0.3, -0.25) is 10.1 Å². The van der Waals surface area contributed by atoms with Crippen molar-refractivity contribution in [2.24, 2.45) is 11.7 Å². The molecule has 2 rings (SSSR count). The smallest absolute Gasteiger partial charge is 0.278 e. The molecule has 1 aliphatic carbocycles. The summed E-state index contributed by atoms with van der Waals surface area (Å²) in [5.41, 5.74) is 6.56. The lowest BCUT2D eigenvalue weighted by molar-refractivity contribution is -0.385. The molecule has 0 radical (unpaired) electrons. The van der Waals surface area contributed by atoms with Crippen molar-refractivity contribution in [3.05, 3.63) is 27.8 Å². The van der Waals surface area contributed by atoms with Gasteiger partial charge in [-0.1, -0.05) is 0 Å². The van der Waals surface area contributed by atoms with Gasteiger partial charge in [0, 0.05) is 6.04 Å². The molecule has 0 aliphatic heterocycles. The molecule has 0 aromatic heterocycles. The topological polar surface area (TPSA) is 87.6 Å². The lowest BCUT2D eigenvalue weighted by Gasteiger charge is -2.14. The minimum atomic E-state index is -0.431. The summed E-state index contributed by atoms with van der Waals surface area (Å²) in [6.45, 7) is 0. The molecular weight excluding hydrogens is 236 g/mol. The first-order chi connectivity index (χ1) is 8.58. The molecule has 0 unspecified atom stereocenters. The summed E-state index contributed by atoms with van der Waals surface area (Å²) >= 11 is 0. The number of nitrogens with zero attached hydrogens (tertiary/aromatic N) is 1. The van der Waals surface area contributed by atoms with E-state index in [-0.39, 0.29) is 11.7 Å². The summed E-state index contributed by atoms with van der Waals surface area (Å²) in [5.74, 6) is 1.15. The van der Waals surface area contributed by atoms with Crippen LogP contribution in [0.15, 0.2) is 12.1 Å².